The number of benzene rings is 1. The molecule has 0 bridgehead atoms. The molecule has 11 heteroatoms. The van der Waals surface area contributed by atoms with E-state index in [4.69, 9.17) is 0 Å². The molecule has 1 fully saturated rings. The lowest BCUT2D eigenvalue weighted by Gasteiger charge is -2.22. The van der Waals surface area contributed by atoms with E-state index in [-0.39, 0.29) is 35.8 Å². The molecule has 1 atom stereocenters. The van der Waals surface area contributed by atoms with Gasteiger partial charge in [0.15, 0.2) is 11.8 Å². The SMILES string of the molecule is C=CCNC(=NCc1nnc(C)n1C)NC1CCN(c2ccccc2OC(F)F)C1.I. The summed E-state index contributed by atoms with van der Waals surface area (Å²) in [5.41, 5.74) is 0.661. The molecular formula is C20H28F2IN7O. The number of ether oxygens (including phenoxy) is 1. The van der Waals surface area contributed by atoms with E-state index >= 15 is 0 Å². The van der Waals surface area contributed by atoms with Crippen molar-refractivity contribution in [1.82, 2.24) is 25.4 Å². The van der Waals surface area contributed by atoms with Crippen LogP contribution >= 0.6 is 24.0 Å². The third kappa shape index (κ3) is 6.77. The van der Waals surface area contributed by atoms with E-state index < -0.39 is 6.61 Å². The summed E-state index contributed by atoms with van der Waals surface area (Å²) in [5.74, 6) is 2.41. The summed E-state index contributed by atoms with van der Waals surface area (Å²) < 4.78 is 32.0. The smallest absolute Gasteiger partial charge is 0.387 e. The summed E-state index contributed by atoms with van der Waals surface area (Å²) in [6.07, 6.45) is 2.59. The average molecular weight is 547 g/mol. The normalized spacial score (nSPS) is 16.2. The molecule has 1 aromatic heterocycles. The third-order valence-corrected chi connectivity index (χ3v) is 4.93. The lowest BCUT2D eigenvalue weighted by Crippen LogP contribution is -2.44. The van der Waals surface area contributed by atoms with E-state index in [1.165, 1.54) is 0 Å². The van der Waals surface area contributed by atoms with Gasteiger partial charge in [-0.25, -0.2) is 4.99 Å². The number of aliphatic imine (C=N–C) groups is 1. The van der Waals surface area contributed by atoms with Crippen molar-refractivity contribution in [2.45, 2.75) is 32.5 Å². The molecule has 1 aromatic carbocycles. The number of alkyl halides is 2. The molecule has 0 aliphatic carbocycles. The minimum Gasteiger partial charge on any atom is -0.433 e. The van der Waals surface area contributed by atoms with Gasteiger partial charge in [-0.15, -0.1) is 40.8 Å². The van der Waals surface area contributed by atoms with Gasteiger partial charge < -0.3 is 24.8 Å². The number of hydrogen-bond donors (Lipinski definition) is 2. The maximum absolute atomic E-state index is 12.7. The molecule has 2 heterocycles. The van der Waals surface area contributed by atoms with Gasteiger partial charge in [-0.1, -0.05) is 18.2 Å². The highest BCUT2D eigenvalue weighted by Gasteiger charge is 2.26. The largest absolute Gasteiger partial charge is 0.433 e. The zero-order valence-electron chi connectivity index (χ0n) is 17.6. The van der Waals surface area contributed by atoms with Crippen LogP contribution in [0.5, 0.6) is 5.75 Å². The lowest BCUT2D eigenvalue weighted by atomic mass is 10.2. The van der Waals surface area contributed by atoms with Crippen LogP contribution in [-0.2, 0) is 13.6 Å². The molecule has 0 spiro atoms. The Morgan fingerprint density at radius 1 is 1.39 bits per heavy atom. The Kier molecular flexibility index (Phi) is 9.46. The molecule has 1 saturated heterocycles. The topological polar surface area (TPSA) is 79.6 Å². The van der Waals surface area contributed by atoms with Crippen LogP contribution in [0.2, 0.25) is 0 Å². The van der Waals surface area contributed by atoms with Crippen LogP contribution in [0.25, 0.3) is 0 Å². The number of rotatable bonds is 8. The first-order valence-corrected chi connectivity index (χ1v) is 9.77. The molecule has 170 valence electrons. The first kappa shape index (κ1) is 24.8. The van der Waals surface area contributed by atoms with Crippen molar-refractivity contribution in [2.75, 3.05) is 24.5 Å². The monoisotopic (exact) mass is 547 g/mol. The van der Waals surface area contributed by atoms with Crippen molar-refractivity contribution in [3.63, 3.8) is 0 Å². The second-order valence-corrected chi connectivity index (χ2v) is 6.98. The van der Waals surface area contributed by atoms with Crippen LogP contribution in [0.3, 0.4) is 0 Å². The third-order valence-electron chi connectivity index (χ3n) is 4.93. The molecule has 31 heavy (non-hydrogen) atoms. The number of guanidine groups is 1. The predicted octanol–water partition coefficient (Wildman–Crippen LogP) is 2.84. The summed E-state index contributed by atoms with van der Waals surface area (Å²) >= 11 is 0. The van der Waals surface area contributed by atoms with Gasteiger partial charge >= 0.3 is 6.61 Å². The molecule has 0 saturated carbocycles. The van der Waals surface area contributed by atoms with E-state index in [9.17, 15) is 8.78 Å². The first-order chi connectivity index (χ1) is 14.5. The molecule has 8 nitrogen and oxygen atoms in total. The summed E-state index contributed by atoms with van der Waals surface area (Å²) in [4.78, 5) is 6.64. The van der Waals surface area contributed by atoms with Crippen LogP contribution in [0, 0.1) is 6.92 Å². The lowest BCUT2D eigenvalue weighted by molar-refractivity contribution is -0.0495. The molecule has 1 aliphatic rings. The average Bonchev–Trinajstić information content (AvgIpc) is 3.31. The van der Waals surface area contributed by atoms with Crippen molar-refractivity contribution in [2.24, 2.45) is 12.0 Å². The van der Waals surface area contributed by atoms with E-state index in [0.717, 1.165) is 24.6 Å². The molecule has 2 N–H and O–H groups in total. The zero-order chi connectivity index (χ0) is 21.5. The van der Waals surface area contributed by atoms with Gasteiger partial charge in [0.25, 0.3) is 0 Å². The van der Waals surface area contributed by atoms with Crippen molar-refractivity contribution in [1.29, 1.82) is 0 Å². The van der Waals surface area contributed by atoms with Gasteiger partial charge in [0, 0.05) is 32.7 Å². The summed E-state index contributed by atoms with van der Waals surface area (Å²) in [7, 11) is 1.90. The molecule has 3 rings (SSSR count). The summed E-state index contributed by atoms with van der Waals surface area (Å²) in [6.45, 7) is 5.07. The van der Waals surface area contributed by atoms with Crippen molar-refractivity contribution < 1.29 is 13.5 Å². The molecule has 1 unspecified atom stereocenters. The highest BCUT2D eigenvalue weighted by atomic mass is 127. The maximum atomic E-state index is 12.7. The molecule has 0 amide bonds. The molecule has 1 aliphatic heterocycles. The van der Waals surface area contributed by atoms with Crippen LogP contribution in [0.15, 0.2) is 41.9 Å². The molecular weight excluding hydrogens is 519 g/mol. The highest BCUT2D eigenvalue weighted by Crippen LogP contribution is 2.31. The number of hydrogen-bond acceptors (Lipinski definition) is 5. The number of aryl methyl sites for hydroxylation is 1. The number of halogens is 3. The number of nitrogens with one attached hydrogen (secondary N) is 2. The zero-order valence-corrected chi connectivity index (χ0v) is 19.9. The van der Waals surface area contributed by atoms with Crippen molar-refractivity contribution in [3.8, 4) is 5.75 Å². The van der Waals surface area contributed by atoms with Crippen molar-refractivity contribution >= 4 is 35.6 Å². The van der Waals surface area contributed by atoms with Crippen LogP contribution < -0.4 is 20.3 Å². The van der Waals surface area contributed by atoms with Gasteiger partial charge in [-0.3, -0.25) is 0 Å². The number of aromatic nitrogens is 3. The standard InChI is InChI=1S/C20H27F2N7O.HI/c1-4-10-23-20(24-12-18-27-26-14(2)28(18)3)25-15-9-11-29(13-15)16-7-5-6-8-17(16)30-19(21)22;/h4-8,15,19H,1,9-13H2,2-3H3,(H2,23,24,25);1H. The summed E-state index contributed by atoms with van der Waals surface area (Å²) in [5, 5.41) is 14.8. The maximum Gasteiger partial charge on any atom is 0.387 e. The highest BCUT2D eigenvalue weighted by molar-refractivity contribution is 14.0. The quantitative estimate of drug-likeness (QED) is 0.229. The van der Waals surface area contributed by atoms with Gasteiger partial charge in [0.1, 0.15) is 18.1 Å². The predicted molar refractivity (Wildman–Crippen MR) is 127 cm³/mol. The molecule has 0 radical (unpaired) electrons. The Balaban J connectivity index is 0.00000341. The number of anilines is 1. The number of para-hydroxylation sites is 2. The fraction of sp³-hybridized carbons (Fsp3) is 0.450. The first-order valence-electron chi connectivity index (χ1n) is 9.77. The Labute approximate surface area is 197 Å². The Bertz CT molecular complexity index is 890. The number of nitrogens with zero attached hydrogens (tertiary/aromatic N) is 5. The van der Waals surface area contributed by atoms with Crippen LogP contribution in [-0.4, -0.2) is 53.0 Å². The van der Waals surface area contributed by atoms with E-state index in [2.05, 4.69) is 37.1 Å². The Morgan fingerprint density at radius 2 is 2.16 bits per heavy atom. The molecule has 2 aromatic rings. The fourth-order valence-electron chi connectivity index (χ4n) is 3.26. The Hall–Kier alpha value is -2.44. The summed E-state index contributed by atoms with van der Waals surface area (Å²) in [6, 6.07) is 6.95. The van der Waals surface area contributed by atoms with E-state index in [0.29, 0.717) is 31.3 Å². The fourth-order valence-corrected chi connectivity index (χ4v) is 3.26. The Morgan fingerprint density at radius 3 is 2.84 bits per heavy atom. The minimum absolute atomic E-state index is 0. The van der Waals surface area contributed by atoms with Gasteiger partial charge in [0.05, 0.1) is 5.69 Å². The second kappa shape index (κ2) is 11.8. The van der Waals surface area contributed by atoms with Gasteiger partial charge in [-0.2, -0.15) is 8.78 Å². The van der Waals surface area contributed by atoms with Gasteiger partial charge in [0.2, 0.25) is 0 Å². The van der Waals surface area contributed by atoms with E-state index in [1.54, 1.807) is 24.3 Å². The van der Waals surface area contributed by atoms with Gasteiger partial charge in [-0.05, 0) is 25.5 Å². The second-order valence-electron chi connectivity index (χ2n) is 6.98. The van der Waals surface area contributed by atoms with Crippen LogP contribution in [0.4, 0.5) is 14.5 Å². The van der Waals surface area contributed by atoms with Crippen molar-refractivity contribution in [3.05, 3.63) is 48.6 Å². The minimum atomic E-state index is -2.85. The van der Waals surface area contributed by atoms with Crippen LogP contribution in [0.1, 0.15) is 18.1 Å². The van der Waals surface area contributed by atoms with E-state index in [1.807, 2.05) is 29.5 Å².